The Kier molecular flexibility index (Phi) is 5.51. The predicted molar refractivity (Wildman–Crippen MR) is 107 cm³/mol. The van der Waals surface area contributed by atoms with Crippen molar-refractivity contribution in [2.45, 2.75) is 13.8 Å². The van der Waals surface area contributed by atoms with Gasteiger partial charge in [-0.15, -0.1) is 0 Å². The lowest BCUT2D eigenvalue weighted by Gasteiger charge is -2.20. The van der Waals surface area contributed by atoms with Crippen molar-refractivity contribution in [1.82, 2.24) is 4.98 Å². The lowest BCUT2D eigenvalue weighted by Crippen LogP contribution is -2.32. The Labute approximate surface area is 156 Å². The van der Waals surface area contributed by atoms with E-state index in [9.17, 15) is 4.79 Å². The molecule has 1 heterocycles. The van der Waals surface area contributed by atoms with Crippen LogP contribution >= 0.6 is 22.9 Å². The van der Waals surface area contributed by atoms with Crippen molar-refractivity contribution in [2.75, 3.05) is 11.4 Å². The Morgan fingerprint density at radius 2 is 2.04 bits per heavy atom. The predicted octanol–water partition coefficient (Wildman–Crippen LogP) is 5.65. The highest BCUT2D eigenvalue weighted by molar-refractivity contribution is 7.22. The molecule has 3 rings (SSSR count). The summed E-state index contributed by atoms with van der Waals surface area (Å²) in [5, 5.41) is 1.38. The van der Waals surface area contributed by atoms with E-state index in [1.807, 2.05) is 48.5 Å². The van der Waals surface area contributed by atoms with Gasteiger partial charge in [0.2, 0.25) is 0 Å². The summed E-state index contributed by atoms with van der Waals surface area (Å²) < 4.78 is 1.08. The van der Waals surface area contributed by atoms with E-state index in [2.05, 4.69) is 18.8 Å². The summed E-state index contributed by atoms with van der Waals surface area (Å²) in [7, 11) is 0. The Bertz CT molecular complexity index is 884. The van der Waals surface area contributed by atoms with Crippen molar-refractivity contribution in [3.05, 3.63) is 65.2 Å². The zero-order valence-corrected chi connectivity index (χ0v) is 15.7. The molecule has 0 spiro atoms. The van der Waals surface area contributed by atoms with Gasteiger partial charge in [0.25, 0.3) is 5.91 Å². The SMILES string of the molecule is CC(C)CN(C(=O)C=Cc1cccc(Cl)c1)c1nc2ccccc2s1. The van der Waals surface area contributed by atoms with Crippen LogP contribution in [0.2, 0.25) is 5.02 Å². The molecule has 0 aliphatic carbocycles. The average Bonchev–Trinajstić information content (AvgIpc) is 3.01. The fraction of sp³-hybridized carbons (Fsp3) is 0.200. The van der Waals surface area contributed by atoms with Crippen molar-refractivity contribution in [3.8, 4) is 0 Å². The number of amides is 1. The highest BCUT2D eigenvalue weighted by atomic mass is 35.5. The summed E-state index contributed by atoms with van der Waals surface area (Å²) in [6.45, 7) is 4.81. The average molecular weight is 371 g/mol. The number of benzene rings is 2. The molecule has 0 radical (unpaired) electrons. The fourth-order valence-corrected chi connectivity index (χ4v) is 3.65. The summed E-state index contributed by atoms with van der Waals surface area (Å²) in [6, 6.07) is 15.4. The molecular weight excluding hydrogens is 352 g/mol. The molecule has 5 heteroatoms. The lowest BCUT2D eigenvalue weighted by molar-refractivity contribution is -0.114. The maximum Gasteiger partial charge on any atom is 0.252 e. The smallest absolute Gasteiger partial charge is 0.252 e. The summed E-state index contributed by atoms with van der Waals surface area (Å²) >= 11 is 7.53. The molecule has 128 valence electrons. The molecule has 0 aliphatic rings. The van der Waals surface area contributed by atoms with Crippen LogP contribution in [0.3, 0.4) is 0 Å². The minimum absolute atomic E-state index is 0.0762. The van der Waals surface area contributed by atoms with E-state index < -0.39 is 0 Å². The molecule has 0 unspecified atom stereocenters. The molecule has 3 nitrogen and oxygen atoms in total. The van der Waals surface area contributed by atoms with Crippen LogP contribution in [0.5, 0.6) is 0 Å². The third kappa shape index (κ3) is 4.47. The van der Waals surface area contributed by atoms with E-state index in [0.29, 0.717) is 17.5 Å². The molecule has 0 bridgehead atoms. The number of aromatic nitrogens is 1. The van der Waals surface area contributed by atoms with Crippen LogP contribution in [-0.2, 0) is 4.79 Å². The number of rotatable bonds is 5. The maximum atomic E-state index is 12.8. The Hall–Kier alpha value is -2.17. The van der Waals surface area contributed by atoms with Crippen molar-refractivity contribution in [2.24, 2.45) is 5.92 Å². The zero-order chi connectivity index (χ0) is 17.8. The largest absolute Gasteiger partial charge is 0.284 e. The second-order valence-corrected chi connectivity index (χ2v) is 7.64. The van der Waals surface area contributed by atoms with Gasteiger partial charge < -0.3 is 0 Å². The van der Waals surface area contributed by atoms with Crippen LogP contribution in [-0.4, -0.2) is 17.4 Å². The third-order valence-corrected chi connectivity index (χ3v) is 4.89. The van der Waals surface area contributed by atoms with Gasteiger partial charge in [0.1, 0.15) is 0 Å². The van der Waals surface area contributed by atoms with E-state index in [-0.39, 0.29) is 5.91 Å². The minimum Gasteiger partial charge on any atom is -0.284 e. The van der Waals surface area contributed by atoms with Crippen LogP contribution in [0.15, 0.2) is 54.6 Å². The molecule has 1 aromatic heterocycles. The number of carbonyl (C=O) groups is 1. The van der Waals surface area contributed by atoms with Gasteiger partial charge in [-0.2, -0.15) is 0 Å². The molecule has 0 atom stereocenters. The zero-order valence-electron chi connectivity index (χ0n) is 14.1. The van der Waals surface area contributed by atoms with Crippen LogP contribution in [0.25, 0.3) is 16.3 Å². The van der Waals surface area contributed by atoms with Gasteiger partial charge in [-0.3, -0.25) is 9.69 Å². The summed E-state index contributed by atoms with van der Waals surface area (Å²) in [5.74, 6) is 0.267. The Morgan fingerprint density at radius 3 is 2.76 bits per heavy atom. The monoisotopic (exact) mass is 370 g/mol. The van der Waals surface area contributed by atoms with E-state index in [4.69, 9.17) is 11.6 Å². The first-order valence-electron chi connectivity index (χ1n) is 8.13. The summed E-state index contributed by atoms with van der Waals surface area (Å²) in [6.07, 6.45) is 3.37. The number of hydrogen-bond acceptors (Lipinski definition) is 3. The van der Waals surface area contributed by atoms with Crippen LogP contribution in [0, 0.1) is 5.92 Å². The molecule has 2 aromatic carbocycles. The Balaban J connectivity index is 1.88. The summed E-state index contributed by atoms with van der Waals surface area (Å²) in [5.41, 5.74) is 1.82. The number of hydrogen-bond donors (Lipinski definition) is 0. The number of halogens is 1. The Morgan fingerprint density at radius 1 is 1.24 bits per heavy atom. The second kappa shape index (κ2) is 7.81. The van der Waals surface area contributed by atoms with Crippen molar-refractivity contribution >= 4 is 50.3 Å². The first kappa shape index (κ1) is 17.6. The van der Waals surface area contributed by atoms with Gasteiger partial charge in [0.15, 0.2) is 5.13 Å². The van der Waals surface area contributed by atoms with Gasteiger partial charge in [-0.05, 0) is 41.8 Å². The van der Waals surface area contributed by atoms with Gasteiger partial charge in [0.05, 0.1) is 10.2 Å². The number of thiazole rings is 1. The van der Waals surface area contributed by atoms with E-state index in [0.717, 1.165) is 20.9 Å². The molecule has 0 N–H and O–H groups in total. The molecule has 3 aromatic rings. The molecule has 25 heavy (non-hydrogen) atoms. The van der Waals surface area contributed by atoms with Gasteiger partial charge in [0, 0.05) is 17.6 Å². The topological polar surface area (TPSA) is 33.2 Å². The third-order valence-electron chi connectivity index (χ3n) is 3.59. The fourth-order valence-electron chi connectivity index (χ4n) is 2.47. The highest BCUT2D eigenvalue weighted by Crippen LogP contribution is 2.29. The standard InChI is InChI=1S/C20H19ClN2OS/c1-14(2)13-23(20-22-17-8-3-4-9-18(17)25-20)19(24)11-10-15-6-5-7-16(21)12-15/h3-12,14H,13H2,1-2H3. The normalized spacial score (nSPS) is 11.5. The van der Waals surface area contributed by atoms with E-state index in [1.54, 1.807) is 17.1 Å². The number of para-hydroxylation sites is 1. The molecular formula is C20H19ClN2OS. The number of nitrogens with zero attached hydrogens (tertiary/aromatic N) is 2. The quantitative estimate of drug-likeness (QED) is 0.543. The highest BCUT2D eigenvalue weighted by Gasteiger charge is 2.18. The molecule has 0 fully saturated rings. The second-order valence-electron chi connectivity index (χ2n) is 6.20. The number of carbonyl (C=O) groups excluding carboxylic acids is 1. The van der Waals surface area contributed by atoms with Gasteiger partial charge in [-0.25, -0.2) is 4.98 Å². The van der Waals surface area contributed by atoms with Crippen molar-refractivity contribution in [1.29, 1.82) is 0 Å². The first-order valence-corrected chi connectivity index (χ1v) is 9.33. The number of anilines is 1. The van der Waals surface area contributed by atoms with Crippen molar-refractivity contribution < 1.29 is 4.79 Å². The minimum atomic E-state index is -0.0762. The van der Waals surface area contributed by atoms with Crippen LogP contribution < -0.4 is 4.90 Å². The van der Waals surface area contributed by atoms with Crippen LogP contribution in [0.4, 0.5) is 5.13 Å². The lowest BCUT2D eigenvalue weighted by atomic mass is 10.2. The van der Waals surface area contributed by atoms with Crippen molar-refractivity contribution in [3.63, 3.8) is 0 Å². The molecule has 0 aliphatic heterocycles. The van der Waals surface area contributed by atoms with Crippen LogP contribution in [0.1, 0.15) is 19.4 Å². The van der Waals surface area contributed by atoms with E-state index in [1.165, 1.54) is 11.3 Å². The van der Waals surface area contributed by atoms with Gasteiger partial charge >= 0.3 is 0 Å². The number of fused-ring (bicyclic) bond motifs is 1. The van der Waals surface area contributed by atoms with Gasteiger partial charge in [-0.1, -0.05) is 61.1 Å². The summed E-state index contributed by atoms with van der Waals surface area (Å²) in [4.78, 5) is 19.2. The first-order chi connectivity index (χ1) is 12.0. The molecule has 1 amide bonds. The molecule has 0 saturated heterocycles. The van der Waals surface area contributed by atoms with E-state index >= 15 is 0 Å². The molecule has 0 saturated carbocycles. The maximum absolute atomic E-state index is 12.8.